The second kappa shape index (κ2) is 5.04. The van der Waals surface area contributed by atoms with Crippen LogP contribution in [0, 0.1) is 0 Å². The van der Waals surface area contributed by atoms with Crippen molar-refractivity contribution >= 4 is 11.7 Å². The van der Waals surface area contributed by atoms with Crippen LogP contribution >= 0.6 is 0 Å². The number of carbonyl (C=O) groups is 1. The van der Waals surface area contributed by atoms with Gasteiger partial charge < -0.3 is 10.0 Å². The first-order chi connectivity index (χ1) is 8.24. The quantitative estimate of drug-likeness (QED) is 0.813. The minimum atomic E-state index is -0.719. The van der Waals surface area contributed by atoms with E-state index < -0.39 is 5.97 Å². The Labute approximate surface area is 101 Å². The molecule has 90 valence electrons. The number of fused-ring (bicyclic) bond motifs is 1. The number of anilines is 1. The summed E-state index contributed by atoms with van der Waals surface area (Å²) in [5.74, 6) is -1.07. The zero-order chi connectivity index (χ0) is 12.3. The highest BCUT2D eigenvalue weighted by Crippen LogP contribution is 2.35. The van der Waals surface area contributed by atoms with Crippen LogP contribution in [0.15, 0.2) is 36.4 Å². The molecule has 17 heavy (non-hydrogen) atoms. The first-order valence-corrected chi connectivity index (χ1v) is 5.92. The van der Waals surface area contributed by atoms with Gasteiger partial charge in [0.25, 0.3) is 0 Å². The number of aliphatic carboxylic acids is 1. The average Bonchev–Trinajstić information content (AvgIpc) is 2.35. The average molecular weight is 231 g/mol. The van der Waals surface area contributed by atoms with Gasteiger partial charge in [0.05, 0.1) is 5.92 Å². The van der Waals surface area contributed by atoms with Crippen LogP contribution in [0.25, 0.3) is 0 Å². The molecule has 1 N–H and O–H groups in total. The van der Waals surface area contributed by atoms with Gasteiger partial charge in [-0.3, -0.25) is 4.79 Å². The van der Waals surface area contributed by atoms with Crippen molar-refractivity contribution in [3.63, 3.8) is 0 Å². The van der Waals surface area contributed by atoms with E-state index in [-0.39, 0.29) is 5.92 Å². The van der Waals surface area contributed by atoms with E-state index in [1.807, 2.05) is 37.3 Å². The summed E-state index contributed by atoms with van der Waals surface area (Å²) in [6.07, 6.45) is 4.80. The van der Waals surface area contributed by atoms with Crippen molar-refractivity contribution in [2.24, 2.45) is 0 Å². The van der Waals surface area contributed by atoms with Crippen LogP contribution in [0.2, 0.25) is 0 Å². The highest BCUT2D eigenvalue weighted by molar-refractivity contribution is 5.80. The molecule has 1 heterocycles. The molecule has 0 bridgehead atoms. The third-order valence-electron chi connectivity index (χ3n) is 3.20. The van der Waals surface area contributed by atoms with Gasteiger partial charge in [-0.1, -0.05) is 30.4 Å². The Kier molecular flexibility index (Phi) is 3.47. The Hall–Kier alpha value is -1.77. The minimum absolute atomic E-state index is 0.354. The van der Waals surface area contributed by atoms with Crippen LogP contribution in [-0.4, -0.2) is 24.2 Å². The number of rotatable bonds is 3. The smallest absolute Gasteiger partial charge is 0.311 e. The minimum Gasteiger partial charge on any atom is -0.481 e. The van der Waals surface area contributed by atoms with E-state index >= 15 is 0 Å². The van der Waals surface area contributed by atoms with Crippen LogP contribution in [0.3, 0.4) is 0 Å². The lowest BCUT2D eigenvalue weighted by molar-refractivity contribution is -0.139. The van der Waals surface area contributed by atoms with Gasteiger partial charge in [0.2, 0.25) is 0 Å². The first kappa shape index (κ1) is 11.7. The van der Waals surface area contributed by atoms with Gasteiger partial charge in [0.1, 0.15) is 0 Å². The van der Waals surface area contributed by atoms with Crippen molar-refractivity contribution in [2.75, 3.05) is 18.0 Å². The van der Waals surface area contributed by atoms with Gasteiger partial charge in [-0.2, -0.15) is 0 Å². The van der Waals surface area contributed by atoms with Crippen LogP contribution in [0.1, 0.15) is 24.8 Å². The molecule has 0 amide bonds. The molecule has 1 atom stereocenters. The summed E-state index contributed by atoms with van der Waals surface area (Å²) in [6, 6.07) is 7.81. The Morgan fingerprint density at radius 1 is 1.53 bits per heavy atom. The Morgan fingerprint density at radius 2 is 2.29 bits per heavy atom. The predicted molar refractivity (Wildman–Crippen MR) is 68.5 cm³/mol. The molecule has 0 spiro atoms. The molecule has 0 fully saturated rings. The lowest BCUT2D eigenvalue weighted by atomic mass is 9.90. The molecule has 2 rings (SSSR count). The second-order valence-electron chi connectivity index (χ2n) is 4.25. The maximum Gasteiger partial charge on any atom is 0.311 e. The molecule has 0 saturated carbocycles. The highest BCUT2D eigenvalue weighted by atomic mass is 16.4. The van der Waals surface area contributed by atoms with Crippen molar-refractivity contribution in [3.05, 3.63) is 42.0 Å². The van der Waals surface area contributed by atoms with Gasteiger partial charge in [0.15, 0.2) is 0 Å². The Balaban J connectivity index is 2.33. The summed E-state index contributed by atoms with van der Waals surface area (Å²) in [5, 5.41) is 9.21. The number of nitrogens with zero attached hydrogens (tertiary/aromatic N) is 1. The fourth-order valence-corrected chi connectivity index (χ4v) is 2.31. The molecule has 1 aromatic carbocycles. The first-order valence-electron chi connectivity index (χ1n) is 5.92. The lowest BCUT2D eigenvalue weighted by Gasteiger charge is -2.33. The van der Waals surface area contributed by atoms with Crippen LogP contribution in [0.4, 0.5) is 5.69 Å². The predicted octanol–water partition coefficient (Wildman–Crippen LogP) is 2.64. The maximum absolute atomic E-state index is 11.2. The number of para-hydroxylation sites is 1. The summed E-state index contributed by atoms with van der Waals surface area (Å²) in [5.41, 5.74) is 2.00. The van der Waals surface area contributed by atoms with E-state index in [4.69, 9.17) is 0 Å². The number of carboxylic acid groups (broad SMARTS) is 1. The monoisotopic (exact) mass is 231 g/mol. The standard InChI is InChI=1S/C14H17NO2/c1-2-3-9-15-10-8-12(14(16)17)11-6-4-5-7-13(11)15/h2-7,12H,8-10H2,1H3,(H,16,17)/b3-2+. The number of hydrogen-bond donors (Lipinski definition) is 1. The third kappa shape index (κ3) is 2.33. The van der Waals surface area contributed by atoms with Gasteiger partial charge >= 0.3 is 5.97 Å². The molecule has 0 aliphatic carbocycles. The molecule has 0 saturated heterocycles. The third-order valence-corrected chi connectivity index (χ3v) is 3.20. The van der Waals surface area contributed by atoms with Gasteiger partial charge in [-0.25, -0.2) is 0 Å². The summed E-state index contributed by atoms with van der Waals surface area (Å²) >= 11 is 0. The molecular weight excluding hydrogens is 214 g/mol. The Bertz CT molecular complexity index is 440. The maximum atomic E-state index is 11.2. The van der Waals surface area contributed by atoms with E-state index in [1.165, 1.54) is 0 Å². The second-order valence-corrected chi connectivity index (χ2v) is 4.25. The summed E-state index contributed by atoms with van der Waals surface area (Å²) < 4.78 is 0. The number of carboxylic acids is 1. The Morgan fingerprint density at radius 3 is 3.00 bits per heavy atom. The number of benzene rings is 1. The van der Waals surface area contributed by atoms with E-state index in [0.29, 0.717) is 6.42 Å². The molecule has 1 aliphatic heterocycles. The summed E-state index contributed by atoms with van der Waals surface area (Å²) in [7, 11) is 0. The van der Waals surface area contributed by atoms with Crippen LogP contribution < -0.4 is 4.90 Å². The van der Waals surface area contributed by atoms with Gasteiger partial charge in [-0.05, 0) is 25.0 Å². The van der Waals surface area contributed by atoms with Crippen LogP contribution in [0.5, 0.6) is 0 Å². The molecule has 1 aromatic rings. The van der Waals surface area contributed by atoms with Gasteiger partial charge in [-0.15, -0.1) is 0 Å². The van der Waals surface area contributed by atoms with Crippen molar-refractivity contribution in [2.45, 2.75) is 19.3 Å². The molecular formula is C14H17NO2. The van der Waals surface area contributed by atoms with E-state index in [9.17, 15) is 9.90 Å². The fraction of sp³-hybridized carbons (Fsp3) is 0.357. The van der Waals surface area contributed by atoms with E-state index in [0.717, 1.165) is 24.3 Å². The SMILES string of the molecule is C/C=C/CN1CCC(C(=O)O)c2ccccc21. The van der Waals surface area contributed by atoms with Crippen molar-refractivity contribution in [1.82, 2.24) is 0 Å². The molecule has 0 radical (unpaired) electrons. The molecule has 3 heteroatoms. The van der Waals surface area contributed by atoms with Crippen molar-refractivity contribution in [3.8, 4) is 0 Å². The highest BCUT2D eigenvalue weighted by Gasteiger charge is 2.28. The fourth-order valence-electron chi connectivity index (χ4n) is 2.31. The molecule has 3 nitrogen and oxygen atoms in total. The van der Waals surface area contributed by atoms with Crippen LogP contribution in [-0.2, 0) is 4.79 Å². The topological polar surface area (TPSA) is 40.5 Å². The molecule has 1 unspecified atom stereocenters. The lowest BCUT2D eigenvalue weighted by Crippen LogP contribution is -2.33. The molecule has 0 aromatic heterocycles. The van der Waals surface area contributed by atoms with E-state index in [1.54, 1.807) is 0 Å². The zero-order valence-electron chi connectivity index (χ0n) is 9.97. The number of hydrogen-bond acceptors (Lipinski definition) is 2. The largest absolute Gasteiger partial charge is 0.481 e. The number of allylic oxidation sites excluding steroid dienone is 1. The molecule has 1 aliphatic rings. The summed E-state index contributed by atoms with van der Waals surface area (Å²) in [6.45, 7) is 3.65. The van der Waals surface area contributed by atoms with E-state index in [2.05, 4.69) is 11.0 Å². The van der Waals surface area contributed by atoms with Gasteiger partial charge in [0, 0.05) is 18.8 Å². The van der Waals surface area contributed by atoms with Crippen molar-refractivity contribution < 1.29 is 9.90 Å². The zero-order valence-corrected chi connectivity index (χ0v) is 9.97. The summed E-state index contributed by atoms with van der Waals surface area (Å²) in [4.78, 5) is 13.4. The van der Waals surface area contributed by atoms with Crippen molar-refractivity contribution in [1.29, 1.82) is 0 Å². The normalized spacial score (nSPS) is 19.4.